The summed E-state index contributed by atoms with van der Waals surface area (Å²) in [7, 11) is -2.54. The molecule has 4 nitrogen and oxygen atoms in total. The van der Waals surface area contributed by atoms with Crippen LogP contribution in [0.25, 0.3) is 0 Å². The topological polar surface area (TPSA) is 59.1 Å². The van der Waals surface area contributed by atoms with Crippen molar-refractivity contribution in [3.05, 3.63) is 11.7 Å². The molecule has 0 saturated heterocycles. The van der Waals surface area contributed by atoms with Crippen LogP contribution in [-0.4, -0.2) is 4.89 Å². The lowest BCUT2D eigenvalue weighted by Gasteiger charge is -1.67. The first kappa shape index (κ1) is 5.54. The van der Waals surface area contributed by atoms with E-state index < -0.39 is 8.25 Å². The van der Waals surface area contributed by atoms with Crippen molar-refractivity contribution in [2.24, 2.45) is 0 Å². The van der Waals surface area contributed by atoms with Crippen molar-refractivity contribution in [3.63, 3.8) is 0 Å². The highest BCUT2D eigenvalue weighted by Crippen LogP contribution is 2.33. The second kappa shape index (κ2) is 1.73. The first-order chi connectivity index (χ1) is 3.70. The Balaban J connectivity index is 2.33. The quantitative estimate of drug-likeness (QED) is 0.570. The Hall–Kier alpha value is -0.600. The van der Waals surface area contributed by atoms with Gasteiger partial charge in [0.25, 0.3) is 0 Å². The maximum absolute atomic E-state index is 9.81. The van der Waals surface area contributed by atoms with E-state index in [1.54, 1.807) is 6.92 Å². The van der Waals surface area contributed by atoms with Gasteiger partial charge in [-0.2, -0.15) is 4.52 Å². The van der Waals surface area contributed by atoms with Crippen LogP contribution < -0.4 is 0 Å². The second-order valence-electron chi connectivity index (χ2n) is 1.27. The fourth-order valence-electron chi connectivity index (χ4n) is 0.267. The summed E-state index contributed by atoms with van der Waals surface area (Å²) in [6.07, 6.45) is 0. The maximum atomic E-state index is 9.81. The van der Waals surface area contributed by atoms with Crippen molar-refractivity contribution in [2.45, 2.75) is 6.92 Å². The predicted molar refractivity (Wildman–Crippen MR) is 24.7 cm³/mol. The molecule has 5 heteroatoms. The van der Waals surface area contributed by atoms with E-state index in [2.05, 4.69) is 9.26 Å². The standard InChI is InChI=1S/C3H3O4P/c1-2-3(6-2)7-8(4)5/h1H3/p+1. The lowest BCUT2D eigenvalue weighted by atomic mass is 10.7. The molecule has 8 heavy (non-hydrogen) atoms. The molecular weight excluding hydrogens is 131 g/mol. The Morgan fingerprint density at radius 1 is 1.88 bits per heavy atom. The monoisotopic (exact) mass is 135 g/mol. The molecule has 0 bridgehead atoms. The molecule has 1 atom stereocenters. The molecule has 0 aromatic carbocycles. The summed E-state index contributed by atoms with van der Waals surface area (Å²) in [5.74, 6) is 0.746. The zero-order chi connectivity index (χ0) is 6.15. The zero-order valence-corrected chi connectivity index (χ0v) is 5.01. The van der Waals surface area contributed by atoms with E-state index in [1.165, 1.54) is 0 Å². The Labute approximate surface area is 46.7 Å². The van der Waals surface area contributed by atoms with Crippen LogP contribution in [0.3, 0.4) is 0 Å². The number of hydrogen-bond acceptors (Lipinski definition) is 3. The van der Waals surface area contributed by atoms with Gasteiger partial charge < -0.3 is 4.74 Å². The molecule has 1 aliphatic rings. The van der Waals surface area contributed by atoms with Crippen LogP contribution in [0.5, 0.6) is 0 Å². The molecule has 0 spiro atoms. The van der Waals surface area contributed by atoms with Crippen LogP contribution in [0.1, 0.15) is 6.92 Å². The van der Waals surface area contributed by atoms with Crippen molar-refractivity contribution >= 4 is 8.25 Å². The summed E-state index contributed by atoms with van der Waals surface area (Å²) in [4.78, 5) is 8.05. The Morgan fingerprint density at radius 2 is 2.38 bits per heavy atom. The van der Waals surface area contributed by atoms with E-state index in [1.807, 2.05) is 0 Å². The minimum absolute atomic E-state index is 0.175. The number of ether oxygens (including phenoxy) is 1. The van der Waals surface area contributed by atoms with E-state index in [-0.39, 0.29) is 5.95 Å². The van der Waals surface area contributed by atoms with Gasteiger partial charge in [0.2, 0.25) is 0 Å². The highest BCUT2D eigenvalue weighted by molar-refractivity contribution is 7.32. The van der Waals surface area contributed by atoms with Gasteiger partial charge >= 0.3 is 14.2 Å². The Bertz CT molecular complexity index is 161. The molecule has 0 saturated carbocycles. The van der Waals surface area contributed by atoms with Gasteiger partial charge in [-0.3, -0.25) is 0 Å². The molecule has 0 aromatic rings. The van der Waals surface area contributed by atoms with Crippen molar-refractivity contribution in [1.29, 1.82) is 0 Å². The van der Waals surface area contributed by atoms with Gasteiger partial charge in [0.1, 0.15) is 0 Å². The van der Waals surface area contributed by atoms with Gasteiger partial charge in [-0.25, -0.2) is 0 Å². The molecule has 0 amide bonds. The molecule has 0 fully saturated rings. The molecule has 1 unspecified atom stereocenters. The molecule has 44 valence electrons. The Kier molecular flexibility index (Phi) is 1.19. The minimum atomic E-state index is -2.54. The average Bonchev–Trinajstić information content (AvgIpc) is 2.17. The second-order valence-corrected chi connectivity index (χ2v) is 1.93. The third-order valence-corrected chi connectivity index (χ3v) is 0.975. The maximum Gasteiger partial charge on any atom is 0.750 e. The van der Waals surface area contributed by atoms with E-state index in [9.17, 15) is 4.57 Å². The van der Waals surface area contributed by atoms with Crippen LogP contribution in [0.15, 0.2) is 11.7 Å². The first-order valence-electron chi connectivity index (χ1n) is 1.93. The lowest BCUT2D eigenvalue weighted by molar-refractivity contribution is 0.271. The van der Waals surface area contributed by atoms with Crippen LogP contribution in [0.2, 0.25) is 0 Å². The first-order valence-corrected chi connectivity index (χ1v) is 3.06. The van der Waals surface area contributed by atoms with E-state index in [0.29, 0.717) is 5.76 Å². The molecule has 0 radical (unpaired) electrons. The van der Waals surface area contributed by atoms with Crippen molar-refractivity contribution in [2.75, 3.05) is 0 Å². The third kappa shape index (κ3) is 1.18. The van der Waals surface area contributed by atoms with Crippen molar-refractivity contribution in [1.82, 2.24) is 0 Å². The van der Waals surface area contributed by atoms with Gasteiger partial charge in [0, 0.05) is 11.5 Å². The summed E-state index contributed by atoms with van der Waals surface area (Å²) in [6.45, 7) is 1.65. The lowest BCUT2D eigenvalue weighted by Crippen LogP contribution is -1.64. The summed E-state index contributed by atoms with van der Waals surface area (Å²) < 4.78 is 18.5. The van der Waals surface area contributed by atoms with E-state index >= 15 is 0 Å². The van der Waals surface area contributed by atoms with E-state index in [0.717, 1.165) is 0 Å². The van der Waals surface area contributed by atoms with Crippen molar-refractivity contribution in [3.8, 4) is 0 Å². The smallest absolute Gasteiger partial charge is 0.417 e. The number of allylic oxidation sites excluding steroid dienone is 1. The zero-order valence-electron chi connectivity index (χ0n) is 4.12. The van der Waals surface area contributed by atoms with Crippen LogP contribution in [0, 0.1) is 0 Å². The summed E-state index contributed by atoms with van der Waals surface area (Å²) in [5, 5.41) is 0. The Morgan fingerprint density at radius 3 is 2.50 bits per heavy atom. The highest BCUT2D eigenvalue weighted by atomic mass is 31.1. The molecule has 1 rings (SSSR count). The molecule has 0 aromatic heterocycles. The highest BCUT2D eigenvalue weighted by Gasteiger charge is 2.32. The van der Waals surface area contributed by atoms with Gasteiger partial charge in [0.05, 0.1) is 0 Å². The molecule has 1 heterocycles. The molecular formula is C3H4O4P+. The van der Waals surface area contributed by atoms with Gasteiger partial charge in [0.15, 0.2) is 5.76 Å². The number of rotatable bonds is 2. The molecule has 0 aliphatic carbocycles. The molecule has 1 N–H and O–H groups in total. The minimum Gasteiger partial charge on any atom is -0.417 e. The van der Waals surface area contributed by atoms with E-state index in [4.69, 9.17) is 4.89 Å². The van der Waals surface area contributed by atoms with Crippen LogP contribution in [-0.2, 0) is 13.8 Å². The van der Waals surface area contributed by atoms with Gasteiger partial charge in [-0.15, -0.1) is 4.89 Å². The van der Waals surface area contributed by atoms with Gasteiger partial charge in [-0.05, 0) is 0 Å². The van der Waals surface area contributed by atoms with Gasteiger partial charge in [-0.1, -0.05) is 0 Å². The van der Waals surface area contributed by atoms with Crippen molar-refractivity contribution < 1.29 is 18.7 Å². The number of hydrogen-bond donors (Lipinski definition) is 1. The largest absolute Gasteiger partial charge is 0.750 e. The summed E-state index contributed by atoms with van der Waals surface area (Å²) in [5.41, 5.74) is 0. The summed E-state index contributed by atoms with van der Waals surface area (Å²) in [6, 6.07) is 0. The third-order valence-electron chi connectivity index (χ3n) is 0.653. The normalized spacial score (nSPS) is 17.5. The fourth-order valence-corrected chi connectivity index (χ4v) is 0.575. The fraction of sp³-hybridized carbons (Fsp3) is 0.333. The SMILES string of the molecule is CC1=C(O[P+](=O)O)O1. The predicted octanol–water partition coefficient (Wildman–Crippen LogP) is 0.872. The average molecular weight is 135 g/mol. The van der Waals surface area contributed by atoms with Crippen LogP contribution >= 0.6 is 8.25 Å². The van der Waals surface area contributed by atoms with Crippen LogP contribution in [0.4, 0.5) is 0 Å². The summed E-state index contributed by atoms with van der Waals surface area (Å²) >= 11 is 0. The molecule has 1 aliphatic heterocycles.